The molecule has 2 unspecified atom stereocenters. The molecule has 1 aliphatic rings. The minimum Gasteiger partial charge on any atom is -0.478 e. The topological polar surface area (TPSA) is 49.8 Å². The van der Waals surface area contributed by atoms with Crippen LogP contribution in [0, 0.1) is 0 Å². The normalized spacial score (nSPS) is 21.2. The fraction of sp³-hybridized carbons (Fsp3) is 0.350. The van der Waals surface area contributed by atoms with E-state index in [9.17, 15) is 18.0 Å². The van der Waals surface area contributed by atoms with Crippen LogP contribution in [0.1, 0.15) is 40.1 Å². The maximum Gasteiger partial charge on any atom is 0.416 e. The second-order valence-corrected chi connectivity index (χ2v) is 6.73. The predicted molar refractivity (Wildman–Crippen MR) is 93.4 cm³/mol. The van der Waals surface area contributed by atoms with E-state index in [0.29, 0.717) is 25.3 Å². The molecule has 1 aliphatic heterocycles. The highest BCUT2D eigenvalue weighted by Crippen LogP contribution is 2.33. The maximum atomic E-state index is 13.0. The molecule has 2 aromatic rings. The van der Waals surface area contributed by atoms with Crippen LogP contribution in [0.15, 0.2) is 48.5 Å². The number of hydrogen-bond donors (Lipinski definition) is 1. The first-order valence-corrected chi connectivity index (χ1v) is 8.59. The highest BCUT2D eigenvalue weighted by Gasteiger charge is 2.32. The molecule has 1 N–H and O–H groups in total. The van der Waals surface area contributed by atoms with Crippen molar-refractivity contribution in [3.05, 3.63) is 70.8 Å². The van der Waals surface area contributed by atoms with Crippen molar-refractivity contribution in [2.24, 2.45) is 0 Å². The van der Waals surface area contributed by atoms with Crippen molar-refractivity contribution in [1.29, 1.82) is 0 Å². The SMILES string of the molecule is CC1COC(c2cccc(C(F)(F)F)c2)CN1Cc1ccc(C(=O)O)cc1. The molecule has 2 atom stereocenters. The lowest BCUT2D eigenvalue weighted by atomic mass is 10.0. The van der Waals surface area contributed by atoms with Crippen molar-refractivity contribution in [3.63, 3.8) is 0 Å². The number of nitrogens with zero attached hydrogens (tertiary/aromatic N) is 1. The monoisotopic (exact) mass is 379 g/mol. The van der Waals surface area contributed by atoms with Gasteiger partial charge in [0.25, 0.3) is 0 Å². The van der Waals surface area contributed by atoms with Crippen molar-refractivity contribution in [1.82, 2.24) is 4.90 Å². The van der Waals surface area contributed by atoms with Crippen LogP contribution in [0.4, 0.5) is 13.2 Å². The van der Waals surface area contributed by atoms with E-state index in [4.69, 9.17) is 9.84 Å². The average molecular weight is 379 g/mol. The maximum absolute atomic E-state index is 13.0. The van der Waals surface area contributed by atoms with E-state index in [1.165, 1.54) is 6.07 Å². The van der Waals surface area contributed by atoms with E-state index in [1.807, 2.05) is 6.92 Å². The first-order valence-electron chi connectivity index (χ1n) is 8.59. The molecule has 27 heavy (non-hydrogen) atoms. The summed E-state index contributed by atoms with van der Waals surface area (Å²) in [5.74, 6) is -0.981. The third-order valence-corrected chi connectivity index (χ3v) is 4.73. The summed E-state index contributed by atoms with van der Waals surface area (Å²) in [4.78, 5) is 13.1. The van der Waals surface area contributed by atoms with Gasteiger partial charge in [0.1, 0.15) is 0 Å². The van der Waals surface area contributed by atoms with Crippen LogP contribution >= 0.6 is 0 Å². The molecule has 0 bridgehead atoms. The lowest BCUT2D eigenvalue weighted by molar-refractivity contribution is -0.137. The molecule has 4 nitrogen and oxygen atoms in total. The average Bonchev–Trinajstić information content (AvgIpc) is 2.63. The third kappa shape index (κ3) is 4.67. The second-order valence-electron chi connectivity index (χ2n) is 6.73. The molecule has 144 valence electrons. The van der Waals surface area contributed by atoms with Crippen LogP contribution < -0.4 is 0 Å². The van der Waals surface area contributed by atoms with Gasteiger partial charge in [0.05, 0.1) is 23.8 Å². The largest absolute Gasteiger partial charge is 0.478 e. The van der Waals surface area contributed by atoms with Crippen molar-refractivity contribution in [3.8, 4) is 0 Å². The zero-order chi connectivity index (χ0) is 19.6. The Balaban J connectivity index is 1.73. The van der Waals surface area contributed by atoms with Gasteiger partial charge in [0.15, 0.2) is 0 Å². The number of benzene rings is 2. The Labute approximate surface area is 155 Å². The van der Waals surface area contributed by atoms with Gasteiger partial charge in [-0.05, 0) is 42.3 Å². The predicted octanol–water partition coefficient (Wildman–Crippen LogP) is 4.37. The van der Waals surface area contributed by atoms with E-state index in [-0.39, 0.29) is 11.6 Å². The zero-order valence-corrected chi connectivity index (χ0v) is 14.7. The van der Waals surface area contributed by atoms with Crippen molar-refractivity contribution in [2.75, 3.05) is 13.2 Å². The third-order valence-electron chi connectivity index (χ3n) is 4.73. The molecule has 1 saturated heterocycles. The van der Waals surface area contributed by atoms with Crippen LogP contribution in [0.5, 0.6) is 0 Å². The van der Waals surface area contributed by atoms with Crippen LogP contribution in [-0.2, 0) is 17.5 Å². The second kappa shape index (κ2) is 7.70. The molecule has 0 aromatic heterocycles. The molecule has 7 heteroatoms. The number of hydrogen-bond acceptors (Lipinski definition) is 3. The fourth-order valence-corrected chi connectivity index (χ4v) is 3.13. The minimum absolute atomic E-state index is 0.103. The highest BCUT2D eigenvalue weighted by atomic mass is 19.4. The van der Waals surface area contributed by atoms with Gasteiger partial charge in [0.2, 0.25) is 0 Å². The van der Waals surface area contributed by atoms with Crippen molar-refractivity contribution >= 4 is 5.97 Å². The van der Waals surface area contributed by atoms with Gasteiger partial charge in [-0.25, -0.2) is 4.79 Å². The summed E-state index contributed by atoms with van der Waals surface area (Å²) in [5, 5.41) is 8.97. The Hall–Kier alpha value is -2.38. The van der Waals surface area contributed by atoms with Crippen LogP contribution in [0.3, 0.4) is 0 Å². The van der Waals surface area contributed by atoms with Gasteiger partial charge in [-0.3, -0.25) is 4.90 Å². The van der Waals surface area contributed by atoms with Gasteiger partial charge in [-0.15, -0.1) is 0 Å². The summed E-state index contributed by atoms with van der Waals surface area (Å²) < 4.78 is 44.6. The standard InChI is InChI=1S/C20H20F3NO3/c1-13-12-27-18(16-3-2-4-17(9-16)20(21,22)23)11-24(13)10-14-5-7-15(8-6-14)19(25)26/h2-9,13,18H,10-12H2,1H3,(H,25,26). The number of alkyl halides is 3. The van der Waals surface area contributed by atoms with E-state index in [2.05, 4.69) is 4.90 Å². The van der Waals surface area contributed by atoms with Crippen molar-refractivity contribution < 1.29 is 27.8 Å². The Kier molecular flexibility index (Phi) is 5.53. The van der Waals surface area contributed by atoms with E-state index in [0.717, 1.165) is 17.7 Å². The summed E-state index contributed by atoms with van der Waals surface area (Å²) in [6.45, 7) is 3.44. The van der Waals surface area contributed by atoms with E-state index >= 15 is 0 Å². The van der Waals surface area contributed by atoms with Gasteiger partial charge in [0, 0.05) is 19.1 Å². The molecular weight excluding hydrogens is 359 g/mol. The number of morpholine rings is 1. The molecule has 2 aromatic carbocycles. The molecule has 0 aliphatic carbocycles. The molecular formula is C20H20F3NO3. The Morgan fingerprint density at radius 3 is 2.56 bits per heavy atom. The van der Waals surface area contributed by atoms with Crippen molar-refractivity contribution in [2.45, 2.75) is 31.8 Å². The molecule has 0 saturated carbocycles. The summed E-state index contributed by atoms with van der Waals surface area (Å²) in [7, 11) is 0. The molecule has 0 amide bonds. The molecule has 1 fully saturated rings. The van der Waals surface area contributed by atoms with Gasteiger partial charge >= 0.3 is 12.1 Å². The highest BCUT2D eigenvalue weighted by molar-refractivity contribution is 5.87. The summed E-state index contributed by atoms with van der Waals surface area (Å²) in [6, 6.07) is 11.9. The number of halogens is 3. The smallest absolute Gasteiger partial charge is 0.416 e. The first kappa shape index (κ1) is 19.4. The lowest BCUT2D eigenvalue weighted by Gasteiger charge is -2.38. The van der Waals surface area contributed by atoms with Gasteiger partial charge in [-0.1, -0.05) is 24.3 Å². The Morgan fingerprint density at radius 1 is 1.22 bits per heavy atom. The van der Waals surface area contributed by atoms with Gasteiger partial charge < -0.3 is 9.84 Å². The van der Waals surface area contributed by atoms with Crippen LogP contribution in [0.2, 0.25) is 0 Å². The molecule has 0 spiro atoms. The number of carboxylic acids is 1. The van der Waals surface area contributed by atoms with E-state index in [1.54, 1.807) is 30.3 Å². The number of carboxylic acid groups (broad SMARTS) is 1. The summed E-state index contributed by atoms with van der Waals surface area (Å²) in [6.07, 6.45) is -4.83. The van der Waals surface area contributed by atoms with Gasteiger partial charge in [-0.2, -0.15) is 13.2 Å². The first-order chi connectivity index (χ1) is 12.7. The Bertz CT molecular complexity index is 805. The quantitative estimate of drug-likeness (QED) is 0.857. The van der Waals surface area contributed by atoms with E-state index < -0.39 is 23.8 Å². The molecule has 1 heterocycles. The minimum atomic E-state index is -4.39. The number of rotatable bonds is 4. The zero-order valence-electron chi connectivity index (χ0n) is 14.7. The Morgan fingerprint density at radius 2 is 1.93 bits per heavy atom. The van der Waals surface area contributed by atoms with Crippen LogP contribution in [-0.4, -0.2) is 35.2 Å². The fourth-order valence-electron chi connectivity index (χ4n) is 3.13. The summed E-state index contributed by atoms with van der Waals surface area (Å²) >= 11 is 0. The number of aromatic carboxylic acids is 1. The lowest BCUT2D eigenvalue weighted by Crippen LogP contribution is -2.44. The number of ether oxygens (including phenoxy) is 1. The summed E-state index contributed by atoms with van der Waals surface area (Å²) in [5.41, 5.74) is 0.980. The molecule has 3 rings (SSSR count). The number of carbonyl (C=O) groups is 1. The molecule has 0 radical (unpaired) electrons. The van der Waals surface area contributed by atoms with Crippen LogP contribution in [0.25, 0.3) is 0 Å².